The molecule has 0 saturated carbocycles. The van der Waals surface area contributed by atoms with E-state index in [1.807, 2.05) is 6.92 Å². The summed E-state index contributed by atoms with van der Waals surface area (Å²) < 4.78 is 5.34. The van der Waals surface area contributed by atoms with Crippen molar-refractivity contribution in [3.05, 3.63) is 0 Å². The monoisotopic (exact) mass is 228 g/mol. The average molecular weight is 228 g/mol. The van der Waals surface area contributed by atoms with Crippen LogP contribution in [0.3, 0.4) is 0 Å². The molecule has 0 fully saturated rings. The molecule has 0 heterocycles. The topological polar surface area (TPSA) is 26.3 Å². The standard InChI is InChI=1S/C14H28O2/c1-4-6-8-10-11-13(3)16-14(15)12-9-7-5-2/h13H,4-12H2,1-3H3/t13-/m1/s1. The summed E-state index contributed by atoms with van der Waals surface area (Å²) in [4.78, 5) is 11.4. The second-order valence-corrected chi connectivity index (χ2v) is 4.61. The van der Waals surface area contributed by atoms with E-state index in [9.17, 15) is 4.79 Å². The van der Waals surface area contributed by atoms with E-state index in [1.54, 1.807) is 0 Å². The molecule has 0 bridgehead atoms. The summed E-state index contributed by atoms with van der Waals surface area (Å²) in [6.45, 7) is 6.35. The summed E-state index contributed by atoms with van der Waals surface area (Å²) >= 11 is 0. The van der Waals surface area contributed by atoms with Crippen LogP contribution in [0.5, 0.6) is 0 Å². The number of carbonyl (C=O) groups is 1. The van der Waals surface area contributed by atoms with Gasteiger partial charge in [-0.15, -0.1) is 0 Å². The molecule has 0 radical (unpaired) electrons. The highest BCUT2D eigenvalue weighted by Gasteiger charge is 2.08. The van der Waals surface area contributed by atoms with Crippen molar-refractivity contribution in [2.24, 2.45) is 0 Å². The SMILES string of the molecule is CCCCCC[C@@H](C)OC(=O)CCCCC. The number of unbranched alkanes of at least 4 members (excludes halogenated alkanes) is 5. The molecule has 0 aliphatic carbocycles. The van der Waals surface area contributed by atoms with E-state index in [2.05, 4.69) is 13.8 Å². The summed E-state index contributed by atoms with van der Waals surface area (Å²) in [7, 11) is 0. The number of carbonyl (C=O) groups excluding carboxylic acids is 1. The van der Waals surface area contributed by atoms with E-state index in [0.717, 1.165) is 25.7 Å². The van der Waals surface area contributed by atoms with Crippen molar-refractivity contribution in [3.63, 3.8) is 0 Å². The van der Waals surface area contributed by atoms with Crippen LogP contribution >= 0.6 is 0 Å². The molecule has 0 N–H and O–H groups in total. The van der Waals surface area contributed by atoms with Gasteiger partial charge in [-0.3, -0.25) is 4.79 Å². The molecule has 0 spiro atoms. The Bertz CT molecular complexity index is 166. The molecule has 96 valence electrons. The lowest BCUT2D eigenvalue weighted by molar-refractivity contribution is -0.148. The Hall–Kier alpha value is -0.530. The van der Waals surface area contributed by atoms with Gasteiger partial charge in [0.15, 0.2) is 0 Å². The molecule has 2 nitrogen and oxygen atoms in total. The van der Waals surface area contributed by atoms with Crippen LogP contribution in [0.4, 0.5) is 0 Å². The molecule has 0 amide bonds. The van der Waals surface area contributed by atoms with E-state index in [1.165, 1.54) is 25.7 Å². The lowest BCUT2D eigenvalue weighted by Crippen LogP contribution is -2.14. The molecule has 2 heteroatoms. The van der Waals surface area contributed by atoms with E-state index >= 15 is 0 Å². The van der Waals surface area contributed by atoms with Crippen LogP contribution < -0.4 is 0 Å². The van der Waals surface area contributed by atoms with Crippen molar-refractivity contribution in [1.29, 1.82) is 0 Å². The van der Waals surface area contributed by atoms with Crippen LogP contribution in [-0.2, 0) is 9.53 Å². The molecule has 0 saturated heterocycles. The smallest absolute Gasteiger partial charge is 0.306 e. The summed E-state index contributed by atoms with van der Waals surface area (Å²) in [6, 6.07) is 0. The molecular weight excluding hydrogens is 200 g/mol. The zero-order valence-electron chi connectivity index (χ0n) is 11.3. The highest BCUT2D eigenvalue weighted by Crippen LogP contribution is 2.09. The fourth-order valence-corrected chi connectivity index (χ4v) is 1.72. The number of hydrogen-bond acceptors (Lipinski definition) is 2. The van der Waals surface area contributed by atoms with Crippen LogP contribution in [0.15, 0.2) is 0 Å². The first-order valence-electron chi connectivity index (χ1n) is 6.90. The molecular formula is C14H28O2. The molecule has 0 aliphatic rings. The molecule has 0 aromatic heterocycles. The van der Waals surface area contributed by atoms with Gasteiger partial charge >= 0.3 is 5.97 Å². The second kappa shape index (κ2) is 11.0. The van der Waals surface area contributed by atoms with Crippen molar-refractivity contribution >= 4 is 5.97 Å². The number of ether oxygens (including phenoxy) is 1. The lowest BCUT2D eigenvalue weighted by atomic mass is 10.1. The third-order valence-electron chi connectivity index (χ3n) is 2.78. The van der Waals surface area contributed by atoms with Crippen molar-refractivity contribution in [2.45, 2.75) is 84.7 Å². The third-order valence-corrected chi connectivity index (χ3v) is 2.78. The molecule has 0 aromatic carbocycles. The van der Waals surface area contributed by atoms with Crippen LogP contribution in [0.1, 0.15) is 78.6 Å². The minimum atomic E-state index is -0.0172. The molecule has 0 unspecified atom stereocenters. The van der Waals surface area contributed by atoms with Gasteiger partial charge in [-0.1, -0.05) is 46.0 Å². The Morgan fingerprint density at radius 1 is 1.00 bits per heavy atom. The first-order chi connectivity index (χ1) is 7.70. The van der Waals surface area contributed by atoms with Gasteiger partial charge < -0.3 is 4.74 Å². The summed E-state index contributed by atoms with van der Waals surface area (Å²) in [5, 5.41) is 0. The Morgan fingerprint density at radius 2 is 1.62 bits per heavy atom. The highest BCUT2D eigenvalue weighted by molar-refractivity contribution is 5.69. The Labute approximate surface area is 101 Å². The van der Waals surface area contributed by atoms with Gasteiger partial charge in [-0.05, 0) is 26.2 Å². The van der Waals surface area contributed by atoms with Crippen molar-refractivity contribution in [1.82, 2.24) is 0 Å². The number of esters is 1. The summed E-state index contributed by atoms with van der Waals surface area (Å²) in [6.07, 6.45) is 9.93. The third kappa shape index (κ3) is 10.0. The number of hydrogen-bond donors (Lipinski definition) is 0. The van der Waals surface area contributed by atoms with Gasteiger partial charge in [0, 0.05) is 6.42 Å². The molecule has 0 rings (SSSR count). The maximum absolute atomic E-state index is 11.4. The van der Waals surface area contributed by atoms with Gasteiger partial charge in [-0.25, -0.2) is 0 Å². The molecule has 16 heavy (non-hydrogen) atoms. The second-order valence-electron chi connectivity index (χ2n) is 4.61. The van der Waals surface area contributed by atoms with Crippen LogP contribution in [0.25, 0.3) is 0 Å². The van der Waals surface area contributed by atoms with Gasteiger partial charge in [0.1, 0.15) is 0 Å². The quantitative estimate of drug-likeness (QED) is 0.407. The van der Waals surface area contributed by atoms with Gasteiger partial charge in [0.25, 0.3) is 0 Å². The van der Waals surface area contributed by atoms with E-state index in [4.69, 9.17) is 4.74 Å². The van der Waals surface area contributed by atoms with E-state index < -0.39 is 0 Å². The minimum Gasteiger partial charge on any atom is -0.463 e. The van der Waals surface area contributed by atoms with Crippen LogP contribution in [-0.4, -0.2) is 12.1 Å². The van der Waals surface area contributed by atoms with Gasteiger partial charge in [0.05, 0.1) is 6.10 Å². The van der Waals surface area contributed by atoms with Crippen molar-refractivity contribution in [2.75, 3.05) is 0 Å². The predicted octanol–water partition coefficient (Wildman–Crippen LogP) is 4.47. The first-order valence-corrected chi connectivity index (χ1v) is 6.90. The van der Waals surface area contributed by atoms with Crippen LogP contribution in [0, 0.1) is 0 Å². The first kappa shape index (κ1) is 15.5. The van der Waals surface area contributed by atoms with Crippen molar-refractivity contribution < 1.29 is 9.53 Å². The molecule has 1 atom stereocenters. The zero-order chi connectivity index (χ0) is 12.2. The van der Waals surface area contributed by atoms with Crippen molar-refractivity contribution in [3.8, 4) is 0 Å². The van der Waals surface area contributed by atoms with Crippen LogP contribution in [0.2, 0.25) is 0 Å². The highest BCUT2D eigenvalue weighted by atomic mass is 16.5. The largest absolute Gasteiger partial charge is 0.463 e. The number of rotatable bonds is 10. The fraction of sp³-hybridized carbons (Fsp3) is 0.929. The van der Waals surface area contributed by atoms with Gasteiger partial charge in [0.2, 0.25) is 0 Å². The Morgan fingerprint density at radius 3 is 2.25 bits per heavy atom. The minimum absolute atomic E-state index is 0.0172. The molecule has 0 aliphatic heterocycles. The average Bonchev–Trinajstić information content (AvgIpc) is 2.25. The molecule has 0 aromatic rings. The fourth-order valence-electron chi connectivity index (χ4n) is 1.72. The predicted molar refractivity (Wildman–Crippen MR) is 68.5 cm³/mol. The van der Waals surface area contributed by atoms with E-state index in [-0.39, 0.29) is 12.1 Å². The zero-order valence-corrected chi connectivity index (χ0v) is 11.3. The maximum Gasteiger partial charge on any atom is 0.306 e. The lowest BCUT2D eigenvalue weighted by Gasteiger charge is -2.12. The normalized spacial score (nSPS) is 12.4. The Balaban J connectivity index is 3.39. The maximum atomic E-state index is 11.4. The summed E-state index contributed by atoms with van der Waals surface area (Å²) in [5.74, 6) is -0.0172. The summed E-state index contributed by atoms with van der Waals surface area (Å²) in [5.41, 5.74) is 0. The van der Waals surface area contributed by atoms with Gasteiger partial charge in [-0.2, -0.15) is 0 Å². The Kier molecular flexibility index (Phi) is 10.6. The van der Waals surface area contributed by atoms with E-state index in [0.29, 0.717) is 6.42 Å².